The molecule has 2 rings (SSSR count). The van der Waals surface area contributed by atoms with E-state index < -0.39 is 11.9 Å². The van der Waals surface area contributed by atoms with Crippen LogP contribution >= 0.6 is 11.6 Å². The van der Waals surface area contributed by atoms with Crippen molar-refractivity contribution in [2.75, 3.05) is 6.54 Å². The van der Waals surface area contributed by atoms with E-state index in [0.29, 0.717) is 18.1 Å². The molecule has 0 bridgehead atoms. The molecule has 0 heterocycles. The first-order valence-electron chi connectivity index (χ1n) is 6.40. The lowest BCUT2D eigenvalue weighted by atomic mass is 9.99. The van der Waals surface area contributed by atoms with Gasteiger partial charge in [0.2, 0.25) is 0 Å². The number of nitrogens with one attached hydrogen (secondary N) is 1. The third-order valence-electron chi connectivity index (χ3n) is 3.12. The molecule has 0 radical (unpaired) electrons. The minimum Gasteiger partial charge on any atom is -0.481 e. The van der Waals surface area contributed by atoms with Crippen molar-refractivity contribution in [2.45, 2.75) is 12.5 Å². The summed E-state index contributed by atoms with van der Waals surface area (Å²) in [6, 6.07) is 16.8. The summed E-state index contributed by atoms with van der Waals surface area (Å²) in [6.45, 7) is 0.918. The first-order chi connectivity index (χ1) is 9.68. The van der Waals surface area contributed by atoms with Gasteiger partial charge in [0.15, 0.2) is 0 Å². The van der Waals surface area contributed by atoms with Gasteiger partial charge in [0.05, 0.1) is 5.92 Å². The summed E-state index contributed by atoms with van der Waals surface area (Å²) in [5.74, 6) is -1.39. The largest absolute Gasteiger partial charge is 0.481 e. The Morgan fingerprint density at radius 2 is 1.75 bits per heavy atom. The highest BCUT2D eigenvalue weighted by molar-refractivity contribution is 6.31. The highest BCUT2D eigenvalue weighted by Gasteiger charge is 2.18. The van der Waals surface area contributed by atoms with Crippen LogP contribution in [0.1, 0.15) is 17.0 Å². The molecule has 0 aliphatic carbocycles. The fourth-order valence-corrected chi connectivity index (χ4v) is 2.23. The first kappa shape index (κ1) is 14.6. The molecule has 0 spiro atoms. The Kier molecular flexibility index (Phi) is 5.16. The molecule has 4 heteroatoms. The van der Waals surface area contributed by atoms with Gasteiger partial charge in [-0.15, -0.1) is 0 Å². The molecule has 0 fully saturated rings. The zero-order chi connectivity index (χ0) is 14.4. The third-order valence-corrected chi connectivity index (χ3v) is 3.49. The highest BCUT2D eigenvalue weighted by Crippen LogP contribution is 2.17. The Balaban J connectivity index is 1.97. The molecule has 0 aliphatic heterocycles. The van der Waals surface area contributed by atoms with Gasteiger partial charge in [0, 0.05) is 18.1 Å². The lowest BCUT2D eigenvalue weighted by Gasteiger charge is -2.14. The van der Waals surface area contributed by atoms with Gasteiger partial charge in [0.1, 0.15) is 0 Å². The number of carboxylic acids is 1. The molecule has 2 N–H and O–H groups in total. The maximum absolute atomic E-state index is 11.3. The summed E-state index contributed by atoms with van der Waals surface area (Å²) in [5, 5.41) is 13.2. The second-order valence-electron chi connectivity index (χ2n) is 4.52. The fraction of sp³-hybridized carbons (Fsp3) is 0.188. The number of carbonyl (C=O) groups is 1. The summed E-state index contributed by atoms with van der Waals surface area (Å²) in [4.78, 5) is 11.3. The van der Waals surface area contributed by atoms with E-state index in [4.69, 9.17) is 11.6 Å². The molecular weight excluding hydrogens is 274 g/mol. The molecule has 0 saturated heterocycles. The first-order valence-corrected chi connectivity index (χ1v) is 6.78. The van der Waals surface area contributed by atoms with Gasteiger partial charge in [-0.3, -0.25) is 4.79 Å². The number of benzene rings is 2. The number of carboxylic acid groups (broad SMARTS) is 1. The van der Waals surface area contributed by atoms with Gasteiger partial charge < -0.3 is 10.4 Å². The molecule has 20 heavy (non-hydrogen) atoms. The summed E-state index contributed by atoms with van der Waals surface area (Å²) in [6.07, 6.45) is 0. The average molecular weight is 290 g/mol. The van der Waals surface area contributed by atoms with Crippen molar-refractivity contribution >= 4 is 17.6 Å². The molecule has 2 aromatic rings. The van der Waals surface area contributed by atoms with Crippen LogP contribution in [0.15, 0.2) is 54.6 Å². The van der Waals surface area contributed by atoms with Crippen LogP contribution in [0.4, 0.5) is 0 Å². The summed E-state index contributed by atoms with van der Waals surface area (Å²) >= 11 is 6.06. The van der Waals surface area contributed by atoms with Crippen molar-refractivity contribution in [1.29, 1.82) is 0 Å². The van der Waals surface area contributed by atoms with E-state index in [-0.39, 0.29) is 0 Å². The van der Waals surface area contributed by atoms with Gasteiger partial charge in [-0.2, -0.15) is 0 Å². The van der Waals surface area contributed by atoms with Gasteiger partial charge in [-0.05, 0) is 17.2 Å². The van der Waals surface area contributed by atoms with Crippen molar-refractivity contribution < 1.29 is 9.90 Å². The molecule has 0 saturated carbocycles. The number of halogens is 1. The second kappa shape index (κ2) is 7.08. The Bertz CT molecular complexity index is 572. The monoisotopic (exact) mass is 289 g/mol. The van der Waals surface area contributed by atoms with Crippen LogP contribution in [0, 0.1) is 0 Å². The molecule has 2 aromatic carbocycles. The topological polar surface area (TPSA) is 49.3 Å². The van der Waals surface area contributed by atoms with E-state index in [1.807, 2.05) is 54.6 Å². The van der Waals surface area contributed by atoms with Gasteiger partial charge in [0.25, 0.3) is 0 Å². The normalized spacial score (nSPS) is 12.1. The predicted molar refractivity (Wildman–Crippen MR) is 80.0 cm³/mol. The van der Waals surface area contributed by atoms with Crippen LogP contribution in [0.3, 0.4) is 0 Å². The minimum absolute atomic E-state index is 0.366. The van der Waals surface area contributed by atoms with Crippen molar-refractivity contribution in [3.63, 3.8) is 0 Å². The molecule has 104 valence electrons. The van der Waals surface area contributed by atoms with E-state index in [1.54, 1.807) is 0 Å². The zero-order valence-corrected chi connectivity index (χ0v) is 11.7. The van der Waals surface area contributed by atoms with E-state index >= 15 is 0 Å². The van der Waals surface area contributed by atoms with E-state index in [9.17, 15) is 9.90 Å². The number of aliphatic carboxylic acids is 1. The minimum atomic E-state index is -0.831. The van der Waals surface area contributed by atoms with Crippen molar-refractivity contribution in [2.24, 2.45) is 0 Å². The van der Waals surface area contributed by atoms with Crippen LogP contribution in [0.2, 0.25) is 5.02 Å². The van der Waals surface area contributed by atoms with E-state index in [0.717, 1.165) is 11.1 Å². The molecular formula is C16H16ClNO2. The van der Waals surface area contributed by atoms with Crippen LogP contribution < -0.4 is 5.32 Å². The Morgan fingerprint density at radius 1 is 1.10 bits per heavy atom. The average Bonchev–Trinajstić information content (AvgIpc) is 2.46. The maximum Gasteiger partial charge on any atom is 0.312 e. The zero-order valence-electron chi connectivity index (χ0n) is 10.9. The van der Waals surface area contributed by atoms with Gasteiger partial charge in [-0.1, -0.05) is 60.1 Å². The van der Waals surface area contributed by atoms with E-state index in [1.165, 1.54) is 0 Å². The molecule has 1 atom stereocenters. The number of hydrogen-bond donors (Lipinski definition) is 2. The van der Waals surface area contributed by atoms with Crippen LogP contribution in [0.5, 0.6) is 0 Å². The number of rotatable bonds is 6. The standard InChI is InChI=1S/C16H16ClNO2/c17-15-9-5-4-8-13(15)10-18-11-14(16(19)20)12-6-2-1-3-7-12/h1-9,14,18H,10-11H2,(H,19,20). The quantitative estimate of drug-likeness (QED) is 0.858. The molecule has 0 aliphatic rings. The van der Waals surface area contributed by atoms with Crippen LogP contribution in [-0.4, -0.2) is 17.6 Å². The summed E-state index contributed by atoms with van der Waals surface area (Å²) in [7, 11) is 0. The Labute approximate surface area is 123 Å². The molecule has 0 aromatic heterocycles. The molecule has 3 nitrogen and oxygen atoms in total. The smallest absolute Gasteiger partial charge is 0.312 e. The highest BCUT2D eigenvalue weighted by atomic mass is 35.5. The Hall–Kier alpha value is -1.84. The van der Waals surface area contributed by atoms with E-state index in [2.05, 4.69) is 5.32 Å². The Morgan fingerprint density at radius 3 is 2.40 bits per heavy atom. The third kappa shape index (κ3) is 3.83. The second-order valence-corrected chi connectivity index (χ2v) is 4.93. The lowest BCUT2D eigenvalue weighted by Crippen LogP contribution is -2.26. The SMILES string of the molecule is O=C(O)C(CNCc1ccccc1Cl)c1ccccc1. The van der Waals surface area contributed by atoms with Crippen molar-refractivity contribution in [3.05, 3.63) is 70.7 Å². The van der Waals surface area contributed by atoms with Gasteiger partial charge in [-0.25, -0.2) is 0 Å². The molecule has 1 unspecified atom stereocenters. The lowest BCUT2D eigenvalue weighted by molar-refractivity contribution is -0.138. The maximum atomic E-state index is 11.3. The summed E-state index contributed by atoms with van der Waals surface area (Å²) in [5.41, 5.74) is 1.76. The van der Waals surface area contributed by atoms with Crippen LogP contribution in [-0.2, 0) is 11.3 Å². The number of hydrogen-bond acceptors (Lipinski definition) is 2. The van der Waals surface area contributed by atoms with Crippen molar-refractivity contribution in [1.82, 2.24) is 5.32 Å². The fourth-order valence-electron chi connectivity index (χ4n) is 2.03. The van der Waals surface area contributed by atoms with Gasteiger partial charge >= 0.3 is 5.97 Å². The van der Waals surface area contributed by atoms with Crippen molar-refractivity contribution in [3.8, 4) is 0 Å². The molecule has 0 amide bonds. The predicted octanol–water partition coefficient (Wildman–Crippen LogP) is 3.30. The summed E-state index contributed by atoms with van der Waals surface area (Å²) < 4.78 is 0. The van der Waals surface area contributed by atoms with Crippen LogP contribution in [0.25, 0.3) is 0 Å².